The molecular weight excluding hydrogens is 248 g/mol. The second kappa shape index (κ2) is 5.36. The molecule has 2 aliphatic heterocycles. The average Bonchev–Trinajstić information content (AvgIpc) is 2.91. The number of likely N-dealkylation sites (N-methyl/N-ethyl adjacent to an activating group) is 1. The lowest BCUT2D eigenvalue weighted by Crippen LogP contribution is -2.51. The van der Waals surface area contributed by atoms with Crippen molar-refractivity contribution in [2.45, 2.75) is 32.2 Å². The van der Waals surface area contributed by atoms with Crippen LogP contribution in [0.25, 0.3) is 0 Å². The molecule has 0 aromatic heterocycles. The molecule has 0 spiro atoms. The van der Waals surface area contributed by atoms with Crippen molar-refractivity contribution in [1.82, 2.24) is 9.80 Å². The first-order chi connectivity index (χ1) is 8.94. The molecule has 0 bridgehead atoms. The molecule has 2 amide bonds. The van der Waals surface area contributed by atoms with Crippen molar-refractivity contribution in [2.24, 2.45) is 5.41 Å². The van der Waals surface area contributed by atoms with E-state index in [1.165, 1.54) is 0 Å². The van der Waals surface area contributed by atoms with E-state index in [0.717, 1.165) is 6.42 Å². The van der Waals surface area contributed by atoms with Gasteiger partial charge in [-0.15, -0.1) is 0 Å². The Morgan fingerprint density at radius 1 is 1.37 bits per heavy atom. The van der Waals surface area contributed by atoms with Gasteiger partial charge in [0.25, 0.3) is 0 Å². The van der Waals surface area contributed by atoms with Gasteiger partial charge in [-0.25, -0.2) is 4.79 Å². The fraction of sp³-hybridized carbons (Fsp3) is 0.846. The third-order valence-corrected chi connectivity index (χ3v) is 4.41. The Balaban J connectivity index is 1.90. The summed E-state index contributed by atoms with van der Waals surface area (Å²) < 4.78 is 5.29. The number of carbonyl (C=O) groups is 2. The minimum absolute atomic E-state index is 0.0112. The molecular formula is C13H22N2O4. The number of hydrogen-bond acceptors (Lipinski definition) is 3. The molecule has 6 nitrogen and oxygen atoms in total. The van der Waals surface area contributed by atoms with Gasteiger partial charge in [0.05, 0.1) is 18.1 Å². The Morgan fingerprint density at radius 3 is 2.47 bits per heavy atom. The van der Waals surface area contributed by atoms with Gasteiger partial charge in [-0.3, -0.25) is 4.79 Å². The molecule has 2 aliphatic rings. The van der Waals surface area contributed by atoms with Gasteiger partial charge in [-0.2, -0.15) is 0 Å². The van der Waals surface area contributed by atoms with E-state index >= 15 is 0 Å². The van der Waals surface area contributed by atoms with E-state index in [4.69, 9.17) is 4.74 Å². The van der Waals surface area contributed by atoms with Crippen LogP contribution >= 0.6 is 0 Å². The summed E-state index contributed by atoms with van der Waals surface area (Å²) in [6, 6.07) is 0.142. The van der Waals surface area contributed by atoms with Crippen LogP contribution in [0.15, 0.2) is 0 Å². The van der Waals surface area contributed by atoms with Crippen LogP contribution in [0.3, 0.4) is 0 Å². The highest BCUT2D eigenvalue weighted by molar-refractivity contribution is 5.77. The molecule has 2 saturated heterocycles. The third kappa shape index (κ3) is 2.83. The number of nitrogens with zero attached hydrogens (tertiary/aromatic N) is 2. The second-order valence-corrected chi connectivity index (χ2v) is 5.76. The molecule has 1 unspecified atom stereocenters. The molecule has 2 fully saturated rings. The van der Waals surface area contributed by atoms with Gasteiger partial charge in [-0.05, 0) is 26.2 Å². The fourth-order valence-electron chi connectivity index (χ4n) is 2.61. The fourth-order valence-corrected chi connectivity index (χ4v) is 2.61. The molecule has 0 aliphatic carbocycles. The molecule has 6 heteroatoms. The molecule has 19 heavy (non-hydrogen) atoms. The summed E-state index contributed by atoms with van der Waals surface area (Å²) in [5.41, 5.74) is -0.689. The maximum absolute atomic E-state index is 12.3. The molecule has 0 radical (unpaired) electrons. The molecule has 0 saturated carbocycles. The van der Waals surface area contributed by atoms with Gasteiger partial charge in [0, 0.05) is 26.7 Å². The highest BCUT2D eigenvalue weighted by Gasteiger charge is 2.39. The van der Waals surface area contributed by atoms with Gasteiger partial charge < -0.3 is 19.6 Å². The molecule has 0 aromatic rings. The maximum Gasteiger partial charge on any atom is 0.320 e. The van der Waals surface area contributed by atoms with E-state index in [9.17, 15) is 14.7 Å². The number of likely N-dealkylation sites (tertiary alicyclic amines) is 1. The lowest BCUT2D eigenvalue weighted by Gasteiger charge is -2.39. The van der Waals surface area contributed by atoms with Crippen molar-refractivity contribution in [1.29, 1.82) is 0 Å². The molecule has 1 N–H and O–H groups in total. The summed E-state index contributed by atoms with van der Waals surface area (Å²) in [6.07, 6.45) is 1.91. The van der Waals surface area contributed by atoms with Gasteiger partial charge in [-0.1, -0.05) is 0 Å². The van der Waals surface area contributed by atoms with Gasteiger partial charge in [0.15, 0.2) is 0 Å². The minimum Gasteiger partial charge on any atom is -0.481 e. The van der Waals surface area contributed by atoms with Crippen molar-refractivity contribution < 1.29 is 19.4 Å². The molecule has 108 valence electrons. The van der Waals surface area contributed by atoms with Crippen molar-refractivity contribution in [3.8, 4) is 0 Å². The van der Waals surface area contributed by atoms with Crippen molar-refractivity contribution in [3.63, 3.8) is 0 Å². The minimum atomic E-state index is -0.767. The highest BCUT2D eigenvalue weighted by atomic mass is 16.5. The van der Waals surface area contributed by atoms with E-state index < -0.39 is 11.4 Å². The summed E-state index contributed by atoms with van der Waals surface area (Å²) in [5.74, 6) is -0.767. The Hall–Kier alpha value is -1.30. The van der Waals surface area contributed by atoms with Crippen LogP contribution in [0.5, 0.6) is 0 Å². The van der Waals surface area contributed by atoms with E-state index in [0.29, 0.717) is 39.1 Å². The number of carboxylic acids is 1. The summed E-state index contributed by atoms with van der Waals surface area (Å²) in [6.45, 7) is 4.09. The highest BCUT2D eigenvalue weighted by Crippen LogP contribution is 2.31. The monoisotopic (exact) mass is 270 g/mol. The Labute approximate surface area is 113 Å². The van der Waals surface area contributed by atoms with Crippen LogP contribution < -0.4 is 0 Å². The Bertz CT molecular complexity index is 358. The lowest BCUT2D eigenvalue weighted by atomic mass is 9.80. The number of ether oxygens (including phenoxy) is 1. The number of aliphatic carboxylic acids is 1. The van der Waals surface area contributed by atoms with Gasteiger partial charge >= 0.3 is 12.0 Å². The quantitative estimate of drug-likeness (QED) is 0.813. The largest absolute Gasteiger partial charge is 0.481 e. The number of amides is 2. The van der Waals surface area contributed by atoms with Crippen molar-refractivity contribution in [3.05, 3.63) is 0 Å². The smallest absolute Gasteiger partial charge is 0.320 e. The number of rotatable bonds is 2. The van der Waals surface area contributed by atoms with E-state index in [1.54, 1.807) is 23.8 Å². The SMILES string of the molecule is CN(C(=O)N1CCC(C)(C(=O)O)CC1)C1CCOC1. The summed E-state index contributed by atoms with van der Waals surface area (Å²) >= 11 is 0. The standard InChI is InChI=1S/C13H22N2O4/c1-13(11(16)17)4-6-15(7-5-13)12(18)14(2)10-3-8-19-9-10/h10H,3-9H2,1-2H3,(H,16,17). The van der Waals surface area contributed by atoms with E-state index in [1.807, 2.05) is 0 Å². The van der Waals surface area contributed by atoms with Crippen LogP contribution in [-0.2, 0) is 9.53 Å². The number of urea groups is 1. The van der Waals surface area contributed by atoms with Crippen molar-refractivity contribution >= 4 is 12.0 Å². The van der Waals surface area contributed by atoms with Crippen LogP contribution in [0.4, 0.5) is 4.79 Å². The van der Waals surface area contributed by atoms with Gasteiger partial charge in [0.2, 0.25) is 0 Å². The third-order valence-electron chi connectivity index (χ3n) is 4.41. The topological polar surface area (TPSA) is 70.1 Å². The van der Waals surface area contributed by atoms with Crippen LogP contribution in [0, 0.1) is 5.41 Å². The summed E-state index contributed by atoms with van der Waals surface area (Å²) in [7, 11) is 1.80. The lowest BCUT2D eigenvalue weighted by molar-refractivity contribution is -0.150. The Kier molecular flexibility index (Phi) is 3.99. The average molecular weight is 270 g/mol. The molecule has 2 heterocycles. The Morgan fingerprint density at radius 2 is 2.00 bits per heavy atom. The normalized spacial score (nSPS) is 26.2. The molecule has 0 aromatic carbocycles. The van der Waals surface area contributed by atoms with E-state index in [2.05, 4.69) is 0 Å². The van der Waals surface area contributed by atoms with Crippen LogP contribution in [0.1, 0.15) is 26.2 Å². The number of carbonyl (C=O) groups excluding carboxylic acids is 1. The summed E-state index contributed by atoms with van der Waals surface area (Å²) in [4.78, 5) is 27.0. The van der Waals surface area contributed by atoms with Crippen LogP contribution in [-0.4, -0.2) is 66.3 Å². The zero-order valence-electron chi connectivity index (χ0n) is 11.6. The number of hydrogen-bond donors (Lipinski definition) is 1. The first-order valence-corrected chi connectivity index (χ1v) is 6.77. The van der Waals surface area contributed by atoms with E-state index in [-0.39, 0.29) is 12.1 Å². The first kappa shape index (κ1) is 14.1. The predicted octanol–water partition coefficient (Wildman–Crippen LogP) is 1.01. The zero-order chi connectivity index (χ0) is 14.0. The number of carboxylic acid groups (broad SMARTS) is 1. The molecule has 1 atom stereocenters. The maximum atomic E-state index is 12.3. The summed E-state index contributed by atoms with van der Waals surface area (Å²) in [5, 5.41) is 9.17. The predicted molar refractivity (Wildman–Crippen MR) is 68.9 cm³/mol. The van der Waals surface area contributed by atoms with Crippen molar-refractivity contribution in [2.75, 3.05) is 33.4 Å². The van der Waals surface area contributed by atoms with Gasteiger partial charge in [0.1, 0.15) is 0 Å². The zero-order valence-corrected chi connectivity index (χ0v) is 11.6. The second-order valence-electron chi connectivity index (χ2n) is 5.76. The first-order valence-electron chi connectivity index (χ1n) is 6.77. The number of piperidine rings is 1. The molecule has 2 rings (SSSR count). The van der Waals surface area contributed by atoms with Crippen LogP contribution in [0.2, 0.25) is 0 Å².